The van der Waals surface area contributed by atoms with E-state index >= 15 is 0 Å². The lowest BCUT2D eigenvalue weighted by Gasteiger charge is -2.31. The fraction of sp³-hybridized carbons (Fsp3) is 0.324. The van der Waals surface area contributed by atoms with Gasteiger partial charge in [-0.3, -0.25) is 20.4 Å². The summed E-state index contributed by atoms with van der Waals surface area (Å²) >= 11 is 0. The van der Waals surface area contributed by atoms with Crippen molar-refractivity contribution < 1.29 is 47.3 Å². The van der Waals surface area contributed by atoms with Gasteiger partial charge in [0.15, 0.2) is 0 Å². The Hall–Kier alpha value is -9.18. The molecule has 2 heterocycles. The first-order valence-electron chi connectivity index (χ1n) is 28.2. The van der Waals surface area contributed by atoms with Crippen molar-refractivity contribution in [3.05, 3.63) is 167 Å². The van der Waals surface area contributed by atoms with Crippen molar-refractivity contribution in [1.29, 1.82) is 0 Å². The van der Waals surface area contributed by atoms with Gasteiger partial charge in [0.05, 0.1) is 35.8 Å². The molecular weight excluding hydrogens is 1060 g/mol. The summed E-state index contributed by atoms with van der Waals surface area (Å²) in [5.74, 6) is 0. The summed E-state index contributed by atoms with van der Waals surface area (Å²) in [6.07, 6.45) is -2.33. The van der Waals surface area contributed by atoms with Crippen LogP contribution in [0.3, 0.4) is 0 Å². The number of nitrogens with zero attached hydrogens (tertiary/aromatic N) is 6. The molecule has 0 saturated heterocycles. The summed E-state index contributed by atoms with van der Waals surface area (Å²) in [6.45, 7) is 29.7. The van der Waals surface area contributed by atoms with E-state index in [9.17, 15) is 19.2 Å². The quantitative estimate of drug-likeness (QED) is 0.0763. The zero-order chi connectivity index (χ0) is 60.8. The van der Waals surface area contributed by atoms with E-state index in [1.54, 1.807) is 9.80 Å². The number of rotatable bonds is 10. The zero-order valence-electron chi connectivity index (χ0n) is 51.1. The third kappa shape index (κ3) is 13.5. The molecule has 0 aliphatic carbocycles. The SMILES string of the molecule is Cc1cc2nc3cc(C)c(N(Cc4ccccc4CN(C(=O)OC(C)(C)C)c4ccc5nc6cc(C)c(NC(=O)OC(C)(C)C)cc6[n+](-c6ccccc6)c5c4C)C(=O)OC(C)(C)C)cc3[n+](-c3ccccc3)c2cc1NC(=O)OC(C)(C)C. The molecule has 0 aliphatic rings. The van der Waals surface area contributed by atoms with Crippen LogP contribution in [0.25, 0.3) is 55.5 Å². The molecule has 2 aromatic heterocycles. The van der Waals surface area contributed by atoms with Gasteiger partial charge < -0.3 is 18.9 Å². The predicted octanol–water partition coefficient (Wildman–Crippen LogP) is 15.5. The first-order valence-corrected chi connectivity index (χ1v) is 28.2. The number of anilines is 4. The average molecular weight is 1130 g/mol. The molecule has 2 N–H and O–H groups in total. The van der Waals surface area contributed by atoms with Gasteiger partial charge in [0.2, 0.25) is 33.4 Å². The molecular formula is C68H76N8O8+2. The maximum Gasteiger partial charge on any atom is 0.415 e. The topological polar surface area (TPSA) is 169 Å². The molecule has 84 heavy (non-hydrogen) atoms. The smallest absolute Gasteiger partial charge is 0.415 e. The van der Waals surface area contributed by atoms with Crippen molar-refractivity contribution in [2.24, 2.45) is 0 Å². The van der Waals surface area contributed by atoms with Gasteiger partial charge in [0.1, 0.15) is 44.5 Å². The zero-order valence-corrected chi connectivity index (χ0v) is 51.1. The molecule has 7 aromatic carbocycles. The van der Waals surface area contributed by atoms with Crippen LogP contribution in [0.5, 0.6) is 0 Å². The number of hydrogen-bond donors (Lipinski definition) is 2. The summed E-state index contributed by atoms with van der Waals surface area (Å²) < 4.78 is 28.0. The molecule has 9 rings (SSSR count). The molecule has 0 saturated carbocycles. The Morgan fingerprint density at radius 2 is 0.810 bits per heavy atom. The van der Waals surface area contributed by atoms with E-state index in [0.29, 0.717) is 61.4 Å². The lowest BCUT2D eigenvalue weighted by molar-refractivity contribution is -0.538. The van der Waals surface area contributed by atoms with Crippen LogP contribution in [0.2, 0.25) is 0 Å². The molecule has 9 aromatic rings. The van der Waals surface area contributed by atoms with Gasteiger partial charge >= 0.3 is 24.4 Å². The number of para-hydroxylation sites is 2. The van der Waals surface area contributed by atoms with Gasteiger partial charge in [0.25, 0.3) is 0 Å². The number of hydrogen-bond acceptors (Lipinski definition) is 10. The van der Waals surface area contributed by atoms with Crippen LogP contribution in [-0.2, 0) is 32.0 Å². The minimum absolute atomic E-state index is 0.0365. The van der Waals surface area contributed by atoms with E-state index in [1.807, 2.05) is 244 Å². The largest absolute Gasteiger partial charge is 0.444 e. The van der Waals surface area contributed by atoms with Crippen LogP contribution in [0.1, 0.15) is 116 Å². The Balaban J connectivity index is 1.19. The fourth-order valence-corrected chi connectivity index (χ4v) is 10.1. The summed E-state index contributed by atoms with van der Waals surface area (Å²) in [7, 11) is 0. The molecule has 0 spiro atoms. The van der Waals surface area contributed by atoms with Crippen LogP contribution in [0.15, 0.2) is 133 Å². The number of aromatic nitrogens is 4. The number of fused-ring (bicyclic) bond motifs is 4. The molecule has 16 heteroatoms. The minimum Gasteiger partial charge on any atom is -0.444 e. The maximum atomic E-state index is 15.0. The van der Waals surface area contributed by atoms with Crippen molar-refractivity contribution >= 4 is 91.3 Å². The highest BCUT2D eigenvalue weighted by Gasteiger charge is 2.33. The first-order chi connectivity index (χ1) is 39.4. The van der Waals surface area contributed by atoms with E-state index in [2.05, 4.69) is 19.8 Å². The van der Waals surface area contributed by atoms with Gasteiger partial charge in [-0.2, -0.15) is 0 Å². The summed E-state index contributed by atoms with van der Waals surface area (Å²) in [5.41, 5.74) is 10.8. The van der Waals surface area contributed by atoms with Crippen molar-refractivity contribution in [1.82, 2.24) is 9.97 Å². The van der Waals surface area contributed by atoms with Gasteiger partial charge in [-0.15, -0.1) is 9.13 Å². The normalized spacial score (nSPS) is 12.1. The Morgan fingerprint density at radius 1 is 0.429 bits per heavy atom. The van der Waals surface area contributed by atoms with Gasteiger partial charge in [0, 0.05) is 48.0 Å². The second kappa shape index (κ2) is 22.9. The molecule has 0 fully saturated rings. The third-order valence-electron chi connectivity index (χ3n) is 13.6. The Labute approximate surface area is 491 Å². The van der Waals surface area contributed by atoms with Crippen LogP contribution >= 0.6 is 0 Å². The molecule has 0 radical (unpaired) electrons. The maximum absolute atomic E-state index is 15.0. The van der Waals surface area contributed by atoms with E-state index in [1.165, 1.54) is 0 Å². The van der Waals surface area contributed by atoms with Gasteiger partial charge in [-0.1, -0.05) is 60.7 Å². The highest BCUT2D eigenvalue weighted by atomic mass is 16.6. The highest BCUT2D eigenvalue weighted by Crippen LogP contribution is 2.35. The molecule has 0 atom stereocenters. The molecule has 16 nitrogen and oxygen atoms in total. The Bertz CT molecular complexity index is 3970. The van der Waals surface area contributed by atoms with E-state index in [0.717, 1.165) is 50.3 Å². The number of benzene rings is 7. The first kappa shape index (κ1) is 59.4. The summed E-state index contributed by atoms with van der Waals surface area (Å²) in [4.78, 5) is 70.0. The summed E-state index contributed by atoms with van der Waals surface area (Å²) in [6, 6.07) is 42.9. The van der Waals surface area contributed by atoms with Gasteiger partial charge in [-0.25, -0.2) is 29.1 Å². The average Bonchev–Trinajstić information content (AvgIpc) is 0.937. The lowest BCUT2D eigenvalue weighted by atomic mass is 10.0. The van der Waals surface area contributed by atoms with Crippen LogP contribution in [-0.4, -0.2) is 56.7 Å². The number of amides is 4. The second-order valence-electron chi connectivity index (χ2n) is 25.2. The molecule has 4 amide bonds. The van der Waals surface area contributed by atoms with E-state index in [4.69, 9.17) is 28.9 Å². The number of ether oxygens (including phenoxy) is 4. The van der Waals surface area contributed by atoms with Crippen LogP contribution < -0.4 is 29.6 Å². The van der Waals surface area contributed by atoms with Crippen molar-refractivity contribution in [3.8, 4) is 11.4 Å². The molecule has 0 aliphatic heterocycles. The minimum atomic E-state index is -0.871. The number of aryl methyl sites for hydroxylation is 4. The molecule has 434 valence electrons. The number of carbonyl (C=O) groups excluding carboxylic acids is 4. The van der Waals surface area contributed by atoms with E-state index < -0.39 is 46.8 Å². The monoisotopic (exact) mass is 1130 g/mol. The van der Waals surface area contributed by atoms with E-state index in [-0.39, 0.29) is 13.1 Å². The van der Waals surface area contributed by atoms with Gasteiger partial charge in [-0.05, 0) is 169 Å². The van der Waals surface area contributed by atoms with Crippen molar-refractivity contribution in [2.75, 3.05) is 20.4 Å². The highest BCUT2D eigenvalue weighted by molar-refractivity contribution is 5.97. The Morgan fingerprint density at radius 3 is 1.26 bits per heavy atom. The van der Waals surface area contributed by atoms with Crippen molar-refractivity contribution in [2.45, 2.75) is 146 Å². The summed E-state index contributed by atoms with van der Waals surface area (Å²) in [5, 5.41) is 5.91. The number of nitrogens with one attached hydrogen (secondary N) is 2. The third-order valence-corrected chi connectivity index (χ3v) is 13.6. The number of carbonyl (C=O) groups is 4. The molecule has 0 bridgehead atoms. The lowest BCUT2D eigenvalue weighted by Crippen LogP contribution is -2.39. The second-order valence-corrected chi connectivity index (χ2v) is 25.2. The van der Waals surface area contributed by atoms with Crippen LogP contribution in [0, 0.1) is 27.7 Å². The Kier molecular flexibility index (Phi) is 16.2. The fourth-order valence-electron chi connectivity index (χ4n) is 10.1. The predicted molar refractivity (Wildman–Crippen MR) is 331 cm³/mol. The molecule has 0 unspecified atom stereocenters. The van der Waals surface area contributed by atoms with Crippen LogP contribution in [0.4, 0.5) is 41.9 Å². The standard InChI is InChI=1S/C68H74N8O8/c1-41-33-52-57(36-50(41)71-61(77)81-65(5,6)7)75(47-27-19-17-20-28-47)59-38-56(43(3)35-54(59)70-52)74(64(80)84-68(14,15)16)40-46-26-24-23-25-45(46)39-73(63(79)83-67(11,12)13)55-32-31-49-60(44(55)4)76(48-29-21-18-22-30-48)58-37-51(42(2)34-53(58)69-49)72-62(78)82-66(8,9)10/h17-38H,39-40H2,1-16H3/p+2. The van der Waals surface area contributed by atoms with Crippen molar-refractivity contribution in [3.63, 3.8) is 0 Å².